The summed E-state index contributed by atoms with van der Waals surface area (Å²) in [6.45, 7) is 3.91. The number of carboxylic acid groups (broad SMARTS) is 1. The molecular weight excluding hydrogens is 472 g/mol. The number of carbonyl (C=O) groups is 3. The number of likely N-dealkylation sites (tertiary alicyclic amines) is 2. The van der Waals surface area contributed by atoms with E-state index in [1.54, 1.807) is 4.90 Å². The minimum Gasteiger partial charge on any atom is -0.480 e. The lowest BCUT2D eigenvalue weighted by atomic mass is 10.1. The Balaban J connectivity index is 1.40. The molecule has 0 unspecified atom stereocenters. The maximum atomic E-state index is 13.3. The van der Waals surface area contributed by atoms with Gasteiger partial charge in [0.25, 0.3) is 0 Å². The summed E-state index contributed by atoms with van der Waals surface area (Å²) < 4.78 is 2.25. The molecule has 0 aliphatic carbocycles. The molecule has 2 fully saturated rings. The zero-order chi connectivity index (χ0) is 26.5. The van der Waals surface area contributed by atoms with Gasteiger partial charge in [0.1, 0.15) is 5.84 Å². The van der Waals surface area contributed by atoms with Gasteiger partial charge in [-0.25, -0.2) is 0 Å². The number of hydrogen-bond donors (Lipinski definition) is 4. The number of amides is 2. The number of fused-ring (bicyclic) bond motifs is 1. The molecule has 1 aromatic heterocycles. The lowest BCUT2D eigenvalue weighted by Crippen LogP contribution is -2.50. The Bertz CT molecular complexity index is 1180. The van der Waals surface area contributed by atoms with E-state index in [9.17, 15) is 14.4 Å². The van der Waals surface area contributed by atoms with Crippen LogP contribution in [0.1, 0.15) is 56.7 Å². The molecule has 0 radical (unpaired) electrons. The first-order valence-corrected chi connectivity index (χ1v) is 13.3. The van der Waals surface area contributed by atoms with Crippen LogP contribution in [0.4, 0.5) is 0 Å². The SMILES string of the molecule is CCn1c(CC[C@@H]2CCCN2C(=O)CN2CCCC[C@H](NCC(=O)O)C2=O)cc2ccc(C(=N)N)cc21. The number of nitrogen functional groups attached to an aromatic ring is 1. The number of hydrogen-bond acceptors (Lipinski definition) is 5. The zero-order valence-electron chi connectivity index (χ0n) is 21.5. The van der Waals surface area contributed by atoms with Gasteiger partial charge < -0.3 is 25.2 Å². The number of nitrogens with zero attached hydrogens (tertiary/aromatic N) is 3. The highest BCUT2D eigenvalue weighted by Gasteiger charge is 2.33. The van der Waals surface area contributed by atoms with E-state index in [1.807, 2.05) is 23.1 Å². The van der Waals surface area contributed by atoms with Gasteiger partial charge in [0.2, 0.25) is 11.8 Å². The van der Waals surface area contributed by atoms with Crippen molar-refractivity contribution in [2.75, 3.05) is 26.2 Å². The smallest absolute Gasteiger partial charge is 0.317 e. The second-order valence-electron chi connectivity index (χ2n) is 10.1. The second-order valence-corrected chi connectivity index (χ2v) is 10.1. The summed E-state index contributed by atoms with van der Waals surface area (Å²) in [6, 6.07) is 7.60. The van der Waals surface area contributed by atoms with Gasteiger partial charge >= 0.3 is 5.97 Å². The fraction of sp³-hybridized carbons (Fsp3) is 0.556. The van der Waals surface area contributed by atoms with Gasteiger partial charge in [0.05, 0.1) is 19.1 Å². The van der Waals surface area contributed by atoms with E-state index in [1.165, 1.54) is 5.69 Å². The van der Waals surface area contributed by atoms with Gasteiger partial charge in [-0.15, -0.1) is 0 Å². The normalized spacial score (nSPS) is 20.4. The Morgan fingerprint density at radius 1 is 1.16 bits per heavy atom. The van der Waals surface area contributed by atoms with Crippen molar-refractivity contribution in [3.63, 3.8) is 0 Å². The Kier molecular flexibility index (Phi) is 8.48. The minimum atomic E-state index is -0.999. The highest BCUT2D eigenvalue weighted by molar-refractivity contribution is 5.98. The lowest BCUT2D eigenvalue weighted by molar-refractivity contribution is -0.142. The average molecular weight is 511 g/mol. The summed E-state index contributed by atoms with van der Waals surface area (Å²) in [5.74, 6) is -1.16. The molecule has 0 saturated carbocycles. The number of carbonyl (C=O) groups excluding carboxylic acids is 2. The number of nitrogens with one attached hydrogen (secondary N) is 2. The van der Waals surface area contributed by atoms with Crippen molar-refractivity contribution in [3.8, 4) is 0 Å². The summed E-state index contributed by atoms with van der Waals surface area (Å²) in [5.41, 5.74) is 8.67. The number of nitrogens with two attached hydrogens (primary N) is 1. The molecule has 2 atom stereocenters. The fourth-order valence-corrected chi connectivity index (χ4v) is 5.75. The highest BCUT2D eigenvalue weighted by Crippen LogP contribution is 2.26. The number of aromatic nitrogens is 1. The Morgan fingerprint density at radius 3 is 2.70 bits per heavy atom. The molecule has 2 aliphatic rings. The third-order valence-corrected chi connectivity index (χ3v) is 7.65. The third kappa shape index (κ3) is 6.12. The summed E-state index contributed by atoms with van der Waals surface area (Å²) >= 11 is 0. The molecule has 0 bridgehead atoms. The fourth-order valence-electron chi connectivity index (χ4n) is 5.75. The second kappa shape index (κ2) is 11.8. The molecule has 10 heteroatoms. The summed E-state index contributed by atoms with van der Waals surface area (Å²) in [5, 5.41) is 20.7. The van der Waals surface area contributed by atoms with Crippen molar-refractivity contribution >= 4 is 34.5 Å². The van der Waals surface area contributed by atoms with E-state index in [-0.39, 0.29) is 36.8 Å². The van der Waals surface area contributed by atoms with Crippen molar-refractivity contribution in [1.29, 1.82) is 5.41 Å². The Labute approximate surface area is 217 Å². The minimum absolute atomic E-state index is 0.0307. The predicted octanol–water partition coefficient (Wildman–Crippen LogP) is 1.92. The third-order valence-electron chi connectivity index (χ3n) is 7.65. The van der Waals surface area contributed by atoms with Crippen LogP contribution in [0.3, 0.4) is 0 Å². The van der Waals surface area contributed by atoms with Crippen molar-refractivity contribution in [2.45, 2.75) is 70.5 Å². The quantitative estimate of drug-likeness (QED) is 0.284. The van der Waals surface area contributed by atoms with Crippen LogP contribution in [0.5, 0.6) is 0 Å². The molecule has 10 nitrogen and oxygen atoms in total. The summed E-state index contributed by atoms with van der Waals surface area (Å²) in [6.07, 6.45) is 5.78. The number of aryl methyl sites for hydroxylation is 2. The average Bonchev–Trinajstić information content (AvgIpc) is 3.44. The van der Waals surface area contributed by atoms with Gasteiger partial charge in [0, 0.05) is 42.5 Å². The van der Waals surface area contributed by atoms with Gasteiger partial charge in [-0.2, -0.15) is 0 Å². The first-order chi connectivity index (χ1) is 17.8. The van der Waals surface area contributed by atoms with Crippen molar-refractivity contribution in [2.24, 2.45) is 5.73 Å². The molecule has 2 saturated heterocycles. The van der Waals surface area contributed by atoms with E-state index in [2.05, 4.69) is 22.9 Å². The van der Waals surface area contributed by atoms with Crippen LogP contribution in [0.2, 0.25) is 0 Å². The number of rotatable bonds is 10. The first kappa shape index (κ1) is 26.7. The van der Waals surface area contributed by atoms with Crippen LogP contribution in [0.25, 0.3) is 10.9 Å². The molecule has 4 rings (SSSR count). The molecule has 2 aromatic rings. The Hall–Kier alpha value is -3.40. The predicted molar refractivity (Wildman–Crippen MR) is 142 cm³/mol. The van der Waals surface area contributed by atoms with Crippen LogP contribution in [0, 0.1) is 5.41 Å². The largest absolute Gasteiger partial charge is 0.480 e. The first-order valence-electron chi connectivity index (χ1n) is 13.3. The van der Waals surface area contributed by atoms with Crippen molar-refractivity contribution in [1.82, 2.24) is 19.7 Å². The molecule has 37 heavy (non-hydrogen) atoms. The van der Waals surface area contributed by atoms with Gasteiger partial charge in [0.15, 0.2) is 0 Å². The van der Waals surface area contributed by atoms with E-state index in [0.717, 1.165) is 56.0 Å². The van der Waals surface area contributed by atoms with Crippen molar-refractivity contribution in [3.05, 3.63) is 35.5 Å². The maximum Gasteiger partial charge on any atom is 0.317 e. The molecular formula is C27H38N6O4. The van der Waals surface area contributed by atoms with Crippen LogP contribution in [-0.2, 0) is 27.3 Å². The van der Waals surface area contributed by atoms with Crippen molar-refractivity contribution < 1.29 is 19.5 Å². The zero-order valence-corrected chi connectivity index (χ0v) is 21.5. The Morgan fingerprint density at radius 2 is 1.97 bits per heavy atom. The topological polar surface area (TPSA) is 145 Å². The molecule has 0 spiro atoms. The van der Waals surface area contributed by atoms with Crippen LogP contribution in [0.15, 0.2) is 24.3 Å². The summed E-state index contributed by atoms with van der Waals surface area (Å²) in [7, 11) is 0. The molecule has 2 aliphatic heterocycles. The van der Waals surface area contributed by atoms with Gasteiger partial charge in [-0.1, -0.05) is 12.1 Å². The van der Waals surface area contributed by atoms with E-state index < -0.39 is 12.0 Å². The summed E-state index contributed by atoms with van der Waals surface area (Å²) in [4.78, 5) is 40.8. The molecule has 5 N–H and O–H groups in total. The molecule has 200 valence electrons. The standard InChI is InChI=1S/C27H38N6O4/c1-2-32-21(14-18-8-9-19(26(28)29)15-23(18)32)11-10-20-6-5-13-33(20)24(34)17-31-12-4-3-7-22(27(31)37)30-16-25(35)36/h8-9,14-15,20,22,30H,2-7,10-13,16-17H2,1H3,(H3,28,29)(H,35,36)/t20-,22-/m0/s1. The van der Waals surface area contributed by atoms with Gasteiger partial charge in [-0.05, 0) is 69.4 Å². The van der Waals surface area contributed by atoms with Crippen LogP contribution >= 0.6 is 0 Å². The highest BCUT2D eigenvalue weighted by atomic mass is 16.4. The molecule has 1 aromatic carbocycles. The number of benzene rings is 1. The van der Waals surface area contributed by atoms with Crippen LogP contribution in [-0.4, -0.2) is 81.4 Å². The van der Waals surface area contributed by atoms with E-state index in [0.29, 0.717) is 25.1 Å². The number of carboxylic acids is 1. The van der Waals surface area contributed by atoms with E-state index >= 15 is 0 Å². The number of amidine groups is 1. The maximum absolute atomic E-state index is 13.3. The van der Waals surface area contributed by atoms with Crippen LogP contribution < -0.4 is 11.1 Å². The van der Waals surface area contributed by atoms with Gasteiger partial charge in [-0.3, -0.25) is 25.1 Å². The number of aliphatic carboxylic acids is 1. The molecule has 2 amide bonds. The monoisotopic (exact) mass is 510 g/mol. The molecule has 3 heterocycles. The van der Waals surface area contributed by atoms with E-state index in [4.69, 9.17) is 16.2 Å². The lowest BCUT2D eigenvalue weighted by Gasteiger charge is -2.29.